The summed E-state index contributed by atoms with van der Waals surface area (Å²) in [5.41, 5.74) is 2.11. The number of aromatic nitrogens is 4. The number of hydrogen-bond acceptors (Lipinski definition) is 8. The van der Waals surface area contributed by atoms with E-state index in [0.717, 1.165) is 17.5 Å². The summed E-state index contributed by atoms with van der Waals surface area (Å²) in [5, 5.41) is 16.6. The van der Waals surface area contributed by atoms with Crippen LogP contribution in [0.1, 0.15) is 41.9 Å². The molecule has 1 aliphatic heterocycles. The number of benzene rings is 1. The average molecular weight is 517 g/mol. The van der Waals surface area contributed by atoms with Crippen LogP contribution in [0.15, 0.2) is 55.1 Å². The fraction of sp³-hybridized carbons (Fsp3) is 0.321. The van der Waals surface area contributed by atoms with Gasteiger partial charge in [-0.2, -0.15) is 0 Å². The minimum Gasteiger partial charge on any atom is -0.379 e. The van der Waals surface area contributed by atoms with Gasteiger partial charge in [0, 0.05) is 48.4 Å². The molecule has 1 saturated heterocycles. The van der Waals surface area contributed by atoms with Gasteiger partial charge >= 0.3 is 0 Å². The first-order valence-electron chi connectivity index (χ1n) is 12.4. The minimum atomic E-state index is -1.03. The Morgan fingerprint density at radius 1 is 1.16 bits per heavy atom. The van der Waals surface area contributed by atoms with Gasteiger partial charge in [-0.3, -0.25) is 14.8 Å². The summed E-state index contributed by atoms with van der Waals surface area (Å²) in [4.78, 5) is 30.0. The molecule has 1 aromatic carbocycles. The van der Waals surface area contributed by atoms with Crippen LogP contribution in [0.4, 0.5) is 10.2 Å². The first-order chi connectivity index (χ1) is 18.3. The van der Waals surface area contributed by atoms with Crippen molar-refractivity contribution in [1.82, 2.24) is 25.3 Å². The Labute approximate surface area is 219 Å². The fourth-order valence-electron chi connectivity index (χ4n) is 4.61. The Morgan fingerprint density at radius 3 is 2.63 bits per heavy atom. The number of halogens is 1. The van der Waals surface area contributed by atoms with Crippen molar-refractivity contribution in [3.05, 3.63) is 77.8 Å². The summed E-state index contributed by atoms with van der Waals surface area (Å²) in [6.07, 6.45) is 5.41. The van der Waals surface area contributed by atoms with Gasteiger partial charge in [-0.05, 0) is 36.2 Å². The molecule has 10 heteroatoms. The lowest BCUT2D eigenvalue weighted by Crippen LogP contribution is -2.47. The Balaban J connectivity index is 1.41. The molecular formula is C28H29FN6O3. The maximum Gasteiger partial charge on any atom is 0.251 e. The SMILES string of the molecule is CC[C@@](C)(CNc1cc(-c2ccc(C3(O)COC3)nc2)ncn1)c1ccc(F)c2c(C(=O)NC)ccnc12. The highest BCUT2D eigenvalue weighted by atomic mass is 19.1. The zero-order chi connectivity index (χ0) is 26.9. The molecule has 5 rings (SSSR count). The second-order valence-corrected chi connectivity index (χ2v) is 9.77. The number of rotatable bonds is 8. The van der Waals surface area contributed by atoms with E-state index in [0.29, 0.717) is 29.3 Å². The van der Waals surface area contributed by atoms with Crippen LogP contribution in [-0.2, 0) is 15.8 Å². The molecule has 3 N–H and O–H groups in total. The number of nitrogens with zero attached hydrogens (tertiary/aromatic N) is 4. The highest BCUT2D eigenvalue weighted by molar-refractivity contribution is 6.06. The molecule has 1 amide bonds. The Kier molecular flexibility index (Phi) is 6.77. The molecule has 0 aliphatic carbocycles. The highest BCUT2D eigenvalue weighted by Gasteiger charge is 2.39. The summed E-state index contributed by atoms with van der Waals surface area (Å²) in [6.45, 7) is 5.09. The van der Waals surface area contributed by atoms with E-state index in [4.69, 9.17) is 4.74 Å². The molecule has 1 atom stereocenters. The van der Waals surface area contributed by atoms with Gasteiger partial charge in [0.15, 0.2) is 5.60 Å². The van der Waals surface area contributed by atoms with Crippen LogP contribution < -0.4 is 10.6 Å². The van der Waals surface area contributed by atoms with E-state index >= 15 is 0 Å². The Morgan fingerprint density at radius 2 is 1.97 bits per heavy atom. The normalized spacial score (nSPS) is 15.9. The summed E-state index contributed by atoms with van der Waals surface area (Å²) >= 11 is 0. The van der Waals surface area contributed by atoms with Gasteiger partial charge in [-0.1, -0.05) is 19.9 Å². The van der Waals surface area contributed by atoms with E-state index < -0.39 is 16.8 Å². The molecule has 1 fully saturated rings. The standard InChI is InChI=1S/C28H29FN6O3/c1-4-27(2,19-6-7-20(29)24-18(26(36)30-3)9-10-31-25(19)24)13-33-23-11-21(34-16-35-23)17-5-8-22(32-12-17)28(37)14-38-15-28/h5-12,16,37H,4,13-15H2,1-3H3,(H,30,36)(H,33,34,35)/t27-/m0/s1. The van der Waals surface area contributed by atoms with Gasteiger partial charge in [0.1, 0.15) is 18.0 Å². The summed E-state index contributed by atoms with van der Waals surface area (Å²) in [6, 6.07) is 10.1. The zero-order valence-corrected chi connectivity index (χ0v) is 21.5. The third kappa shape index (κ3) is 4.57. The molecule has 0 bridgehead atoms. The molecule has 196 valence electrons. The lowest BCUT2D eigenvalue weighted by molar-refractivity contribution is -0.186. The average Bonchev–Trinajstić information content (AvgIpc) is 2.94. The third-order valence-electron chi connectivity index (χ3n) is 7.29. The van der Waals surface area contributed by atoms with Gasteiger partial charge in [0.05, 0.1) is 35.7 Å². The van der Waals surface area contributed by atoms with Crippen LogP contribution in [0.3, 0.4) is 0 Å². The molecule has 0 unspecified atom stereocenters. The zero-order valence-electron chi connectivity index (χ0n) is 21.5. The van der Waals surface area contributed by atoms with Gasteiger partial charge in [0.2, 0.25) is 0 Å². The van der Waals surface area contributed by atoms with Crippen LogP contribution in [0, 0.1) is 5.82 Å². The largest absolute Gasteiger partial charge is 0.379 e. The number of anilines is 1. The third-order valence-corrected chi connectivity index (χ3v) is 7.29. The van der Waals surface area contributed by atoms with E-state index in [1.165, 1.54) is 31.7 Å². The lowest BCUT2D eigenvalue weighted by Gasteiger charge is -2.35. The van der Waals surface area contributed by atoms with E-state index in [9.17, 15) is 14.3 Å². The van der Waals surface area contributed by atoms with Crippen LogP contribution in [-0.4, -0.2) is 57.8 Å². The quantitative estimate of drug-likeness (QED) is 0.325. The Bertz CT molecular complexity index is 1490. The van der Waals surface area contributed by atoms with Crippen molar-refractivity contribution in [1.29, 1.82) is 0 Å². The van der Waals surface area contributed by atoms with Crippen molar-refractivity contribution in [2.75, 3.05) is 32.1 Å². The first-order valence-corrected chi connectivity index (χ1v) is 12.4. The van der Waals surface area contributed by atoms with E-state index in [1.807, 2.05) is 12.1 Å². The van der Waals surface area contributed by atoms with Crippen molar-refractivity contribution in [3.63, 3.8) is 0 Å². The molecule has 0 radical (unpaired) electrons. The fourth-order valence-corrected chi connectivity index (χ4v) is 4.61. The van der Waals surface area contributed by atoms with Crippen molar-refractivity contribution >= 4 is 22.6 Å². The predicted molar refractivity (Wildman–Crippen MR) is 141 cm³/mol. The lowest BCUT2D eigenvalue weighted by atomic mass is 9.78. The number of fused-ring (bicyclic) bond motifs is 1. The number of hydrogen-bond donors (Lipinski definition) is 3. The van der Waals surface area contributed by atoms with Crippen molar-refractivity contribution < 1.29 is 19.0 Å². The molecular weight excluding hydrogens is 487 g/mol. The molecule has 3 aromatic heterocycles. The molecule has 4 heterocycles. The van der Waals surface area contributed by atoms with Crippen LogP contribution in [0.2, 0.25) is 0 Å². The summed E-state index contributed by atoms with van der Waals surface area (Å²) in [7, 11) is 1.52. The number of nitrogens with one attached hydrogen (secondary N) is 2. The molecule has 1 aliphatic rings. The number of amides is 1. The van der Waals surface area contributed by atoms with Gasteiger partial charge in [-0.15, -0.1) is 0 Å². The molecule has 4 aromatic rings. The highest BCUT2D eigenvalue weighted by Crippen LogP contribution is 2.35. The smallest absolute Gasteiger partial charge is 0.251 e. The maximum atomic E-state index is 14.9. The molecule has 9 nitrogen and oxygen atoms in total. The van der Waals surface area contributed by atoms with Crippen molar-refractivity contribution in [2.24, 2.45) is 0 Å². The van der Waals surface area contributed by atoms with Gasteiger partial charge < -0.3 is 20.5 Å². The topological polar surface area (TPSA) is 122 Å². The van der Waals surface area contributed by atoms with Crippen LogP contribution >= 0.6 is 0 Å². The molecule has 0 spiro atoms. The number of carbonyl (C=O) groups is 1. The van der Waals surface area contributed by atoms with E-state index in [2.05, 4.69) is 44.4 Å². The number of aliphatic hydroxyl groups is 1. The van der Waals surface area contributed by atoms with Crippen LogP contribution in [0.25, 0.3) is 22.2 Å². The predicted octanol–water partition coefficient (Wildman–Crippen LogP) is 3.58. The minimum absolute atomic E-state index is 0.211. The number of carbonyl (C=O) groups excluding carboxylic acids is 1. The second kappa shape index (κ2) is 10.0. The van der Waals surface area contributed by atoms with Crippen LogP contribution in [0.5, 0.6) is 0 Å². The molecule has 38 heavy (non-hydrogen) atoms. The van der Waals surface area contributed by atoms with Gasteiger partial charge in [-0.25, -0.2) is 14.4 Å². The monoisotopic (exact) mass is 516 g/mol. The van der Waals surface area contributed by atoms with Crippen molar-refractivity contribution in [2.45, 2.75) is 31.3 Å². The number of pyridine rings is 2. The van der Waals surface area contributed by atoms with Crippen molar-refractivity contribution in [3.8, 4) is 11.3 Å². The summed E-state index contributed by atoms with van der Waals surface area (Å²) in [5.74, 6) is -0.231. The number of ether oxygens (including phenoxy) is 1. The van der Waals surface area contributed by atoms with E-state index in [1.54, 1.807) is 18.3 Å². The maximum absolute atomic E-state index is 14.9. The second-order valence-electron chi connectivity index (χ2n) is 9.77. The first kappa shape index (κ1) is 25.6. The Hall–Kier alpha value is -4.02. The molecule has 0 saturated carbocycles. The van der Waals surface area contributed by atoms with Gasteiger partial charge in [0.25, 0.3) is 5.91 Å². The summed E-state index contributed by atoms with van der Waals surface area (Å²) < 4.78 is 20.0. The van der Waals surface area contributed by atoms with E-state index in [-0.39, 0.29) is 30.1 Å².